The summed E-state index contributed by atoms with van der Waals surface area (Å²) in [6, 6.07) is 13.9. The van der Waals surface area contributed by atoms with Crippen molar-refractivity contribution in [2.45, 2.75) is 6.54 Å². The van der Waals surface area contributed by atoms with Gasteiger partial charge in [-0.2, -0.15) is 5.10 Å². The second-order valence-corrected chi connectivity index (χ2v) is 4.57. The maximum atomic E-state index is 5.35. The molecule has 2 aromatic carbocycles. The summed E-state index contributed by atoms with van der Waals surface area (Å²) in [5, 5.41) is 5.60. The fraction of sp³-hybridized carbons (Fsp3) is 0.188. The van der Waals surface area contributed by atoms with Crippen LogP contribution in [0.15, 0.2) is 48.7 Å². The summed E-state index contributed by atoms with van der Waals surface area (Å²) >= 11 is 0. The quantitative estimate of drug-likeness (QED) is 0.729. The van der Waals surface area contributed by atoms with Gasteiger partial charge in [0.2, 0.25) is 0 Å². The largest absolute Gasteiger partial charge is 0.497 e. The van der Waals surface area contributed by atoms with Crippen molar-refractivity contribution in [3.05, 3.63) is 54.2 Å². The average Bonchev–Trinajstić information content (AvgIpc) is 2.90. The first-order valence-corrected chi connectivity index (χ1v) is 6.43. The number of ether oxygens (including phenoxy) is 2. The van der Waals surface area contributed by atoms with Crippen LogP contribution in [-0.2, 0) is 6.54 Å². The van der Waals surface area contributed by atoms with Crippen LogP contribution < -0.4 is 9.47 Å². The summed E-state index contributed by atoms with van der Waals surface area (Å²) in [4.78, 5) is 0. The van der Waals surface area contributed by atoms with Crippen molar-refractivity contribution < 1.29 is 9.47 Å². The molecule has 4 heteroatoms. The molecule has 0 N–H and O–H groups in total. The maximum Gasteiger partial charge on any atom is 0.129 e. The van der Waals surface area contributed by atoms with E-state index >= 15 is 0 Å². The van der Waals surface area contributed by atoms with E-state index in [-0.39, 0.29) is 0 Å². The van der Waals surface area contributed by atoms with E-state index in [1.54, 1.807) is 14.2 Å². The van der Waals surface area contributed by atoms with Crippen LogP contribution in [-0.4, -0.2) is 24.0 Å². The predicted molar refractivity (Wildman–Crippen MR) is 78.4 cm³/mol. The second-order valence-electron chi connectivity index (χ2n) is 4.57. The van der Waals surface area contributed by atoms with Crippen LogP contribution in [0.2, 0.25) is 0 Å². The van der Waals surface area contributed by atoms with Crippen molar-refractivity contribution in [2.75, 3.05) is 14.2 Å². The number of methoxy groups -OCH3 is 2. The molecule has 1 aromatic heterocycles. The summed E-state index contributed by atoms with van der Waals surface area (Å²) < 4.78 is 12.4. The third-order valence-corrected chi connectivity index (χ3v) is 3.28. The SMILES string of the molecule is COc1ccc(Cn2cc3c(OC)cccc3n2)cc1. The molecule has 3 rings (SSSR count). The monoisotopic (exact) mass is 268 g/mol. The first-order chi connectivity index (χ1) is 9.80. The minimum atomic E-state index is 0.724. The number of hydrogen-bond acceptors (Lipinski definition) is 3. The van der Waals surface area contributed by atoms with Gasteiger partial charge in [0.25, 0.3) is 0 Å². The highest BCUT2D eigenvalue weighted by Crippen LogP contribution is 2.24. The van der Waals surface area contributed by atoms with Crippen molar-refractivity contribution in [3.8, 4) is 11.5 Å². The maximum absolute atomic E-state index is 5.35. The van der Waals surface area contributed by atoms with Crippen molar-refractivity contribution in [1.82, 2.24) is 9.78 Å². The number of benzene rings is 2. The zero-order chi connectivity index (χ0) is 13.9. The lowest BCUT2D eigenvalue weighted by molar-refractivity contribution is 0.414. The van der Waals surface area contributed by atoms with E-state index in [0.717, 1.165) is 28.9 Å². The van der Waals surface area contributed by atoms with Crippen LogP contribution in [0.4, 0.5) is 0 Å². The van der Waals surface area contributed by atoms with E-state index in [4.69, 9.17) is 9.47 Å². The van der Waals surface area contributed by atoms with Gasteiger partial charge in [0, 0.05) is 6.20 Å². The van der Waals surface area contributed by atoms with Gasteiger partial charge in [-0.05, 0) is 29.8 Å². The Morgan fingerprint density at radius 1 is 1.00 bits per heavy atom. The number of hydrogen-bond donors (Lipinski definition) is 0. The fourth-order valence-corrected chi connectivity index (χ4v) is 2.24. The summed E-state index contributed by atoms with van der Waals surface area (Å²) in [6.45, 7) is 0.724. The van der Waals surface area contributed by atoms with Gasteiger partial charge in [0.15, 0.2) is 0 Å². The Kier molecular flexibility index (Phi) is 3.29. The Morgan fingerprint density at radius 2 is 1.80 bits per heavy atom. The molecule has 0 atom stereocenters. The molecule has 102 valence electrons. The van der Waals surface area contributed by atoms with E-state index in [0.29, 0.717) is 0 Å². The molecule has 0 amide bonds. The van der Waals surface area contributed by atoms with Gasteiger partial charge in [-0.15, -0.1) is 0 Å². The molecule has 0 spiro atoms. The van der Waals surface area contributed by atoms with Crippen molar-refractivity contribution in [3.63, 3.8) is 0 Å². The summed E-state index contributed by atoms with van der Waals surface area (Å²) in [5.41, 5.74) is 2.12. The smallest absolute Gasteiger partial charge is 0.129 e. The van der Waals surface area contributed by atoms with E-state index in [9.17, 15) is 0 Å². The highest BCUT2D eigenvalue weighted by Gasteiger charge is 2.06. The van der Waals surface area contributed by atoms with E-state index in [1.807, 2.05) is 53.3 Å². The Bertz CT molecular complexity index is 717. The lowest BCUT2D eigenvalue weighted by Gasteiger charge is -2.03. The van der Waals surface area contributed by atoms with Crippen molar-refractivity contribution in [1.29, 1.82) is 0 Å². The highest BCUT2D eigenvalue weighted by atomic mass is 16.5. The third-order valence-electron chi connectivity index (χ3n) is 3.28. The number of fused-ring (bicyclic) bond motifs is 1. The van der Waals surface area contributed by atoms with Gasteiger partial charge in [0.1, 0.15) is 11.5 Å². The topological polar surface area (TPSA) is 36.3 Å². The lowest BCUT2D eigenvalue weighted by atomic mass is 10.2. The van der Waals surface area contributed by atoms with Crippen molar-refractivity contribution in [2.24, 2.45) is 0 Å². The molecule has 0 saturated carbocycles. The predicted octanol–water partition coefficient (Wildman–Crippen LogP) is 3.10. The minimum absolute atomic E-state index is 0.724. The molecule has 0 aliphatic carbocycles. The zero-order valence-corrected chi connectivity index (χ0v) is 11.5. The Labute approximate surface area is 117 Å². The molecule has 1 heterocycles. The Hall–Kier alpha value is -2.49. The second kappa shape index (κ2) is 5.25. The van der Waals surface area contributed by atoms with E-state index in [2.05, 4.69) is 5.10 Å². The Morgan fingerprint density at radius 3 is 2.50 bits per heavy atom. The molecule has 0 aliphatic heterocycles. The number of rotatable bonds is 4. The molecule has 20 heavy (non-hydrogen) atoms. The van der Waals surface area contributed by atoms with Crippen LogP contribution in [0.5, 0.6) is 11.5 Å². The van der Waals surface area contributed by atoms with Gasteiger partial charge in [-0.3, -0.25) is 4.68 Å². The van der Waals surface area contributed by atoms with Crippen LogP contribution in [0.25, 0.3) is 10.9 Å². The van der Waals surface area contributed by atoms with Crippen LogP contribution in [0.1, 0.15) is 5.56 Å². The minimum Gasteiger partial charge on any atom is -0.497 e. The van der Waals surface area contributed by atoms with E-state index in [1.165, 1.54) is 5.56 Å². The van der Waals surface area contributed by atoms with Crippen molar-refractivity contribution >= 4 is 10.9 Å². The number of nitrogens with zero attached hydrogens (tertiary/aromatic N) is 2. The zero-order valence-electron chi connectivity index (χ0n) is 11.5. The summed E-state index contributed by atoms with van der Waals surface area (Å²) in [7, 11) is 3.34. The van der Waals surface area contributed by atoms with Gasteiger partial charge in [-0.1, -0.05) is 18.2 Å². The van der Waals surface area contributed by atoms with Gasteiger partial charge in [0.05, 0.1) is 31.7 Å². The normalized spacial score (nSPS) is 10.7. The van der Waals surface area contributed by atoms with Gasteiger partial charge in [-0.25, -0.2) is 0 Å². The Balaban J connectivity index is 1.90. The van der Waals surface area contributed by atoms with Crippen LogP contribution in [0, 0.1) is 0 Å². The molecule has 0 unspecified atom stereocenters. The molecule has 0 saturated heterocycles. The number of aromatic nitrogens is 2. The highest BCUT2D eigenvalue weighted by molar-refractivity contribution is 5.84. The first-order valence-electron chi connectivity index (χ1n) is 6.43. The molecular weight excluding hydrogens is 252 g/mol. The molecule has 0 radical (unpaired) electrons. The molecular formula is C16H16N2O2. The molecule has 0 bridgehead atoms. The molecule has 4 nitrogen and oxygen atoms in total. The summed E-state index contributed by atoms with van der Waals surface area (Å²) in [5.74, 6) is 1.71. The van der Waals surface area contributed by atoms with Gasteiger partial charge < -0.3 is 9.47 Å². The standard InChI is InChI=1S/C16H16N2O2/c1-19-13-8-6-12(7-9-13)10-18-11-14-15(17-18)4-3-5-16(14)20-2/h3-9,11H,10H2,1-2H3. The first kappa shape index (κ1) is 12.5. The van der Waals surface area contributed by atoms with E-state index < -0.39 is 0 Å². The van der Waals surface area contributed by atoms with Crippen LogP contribution >= 0.6 is 0 Å². The molecule has 0 fully saturated rings. The third kappa shape index (κ3) is 2.32. The van der Waals surface area contributed by atoms with Gasteiger partial charge >= 0.3 is 0 Å². The lowest BCUT2D eigenvalue weighted by Crippen LogP contribution is -1.99. The fourth-order valence-electron chi connectivity index (χ4n) is 2.24. The van der Waals surface area contributed by atoms with Crippen LogP contribution in [0.3, 0.4) is 0 Å². The molecule has 0 aliphatic rings. The molecule has 3 aromatic rings. The summed E-state index contributed by atoms with van der Waals surface area (Å²) in [6.07, 6.45) is 2.01. The average molecular weight is 268 g/mol.